The molecule has 0 aliphatic heterocycles. The first-order valence-corrected chi connectivity index (χ1v) is 5.80. The molecule has 1 amide bonds. The number of carbonyl (C=O) groups excluding carboxylic acids is 2. The standard InChI is InChI=1S/C13H11N3O5/c1-21-13(20)7-4-2-3-5-8(7)16-11(17)9-10(12(18)19)15-6-14-9/h2-6H,1H3,(H,14,15)(H,16,17)(H,18,19). The third-order valence-corrected chi connectivity index (χ3v) is 2.65. The number of ether oxygens (including phenoxy) is 1. The molecule has 1 aromatic carbocycles. The third kappa shape index (κ3) is 2.89. The summed E-state index contributed by atoms with van der Waals surface area (Å²) < 4.78 is 4.61. The van der Waals surface area contributed by atoms with E-state index in [0.717, 1.165) is 6.33 Å². The summed E-state index contributed by atoms with van der Waals surface area (Å²) >= 11 is 0. The molecule has 1 aromatic heterocycles. The maximum Gasteiger partial charge on any atom is 0.354 e. The molecule has 0 aliphatic carbocycles. The minimum atomic E-state index is -1.31. The molecule has 0 aliphatic rings. The Hall–Kier alpha value is -3.16. The van der Waals surface area contributed by atoms with E-state index in [1.807, 2.05) is 0 Å². The second-order valence-corrected chi connectivity index (χ2v) is 3.92. The second kappa shape index (κ2) is 5.87. The predicted octanol–water partition coefficient (Wildman–Crippen LogP) is 1.15. The number of rotatable bonds is 4. The molecule has 21 heavy (non-hydrogen) atoms. The maximum atomic E-state index is 12.1. The van der Waals surface area contributed by atoms with Crippen molar-refractivity contribution in [2.24, 2.45) is 0 Å². The second-order valence-electron chi connectivity index (χ2n) is 3.92. The van der Waals surface area contributed by atoms with E-state index in [9.17, 15) is 14.4 Å². The number of methoxy groups -OCH3 is 1. The first kappa shape index (κ1) is 14.3. The molecule has 8 nitrogen and oxygen atoms in total. The van der Waals surface area contributed by atoms with E-state index in [2.05, 4.69) is 20.0 Å². The van der Waals surface area contributed by atoms with Crippen molar-refractivity contribution in [3.05, 3.63) is 47.5 Å². The number of para-hydroxylation sites is 1. The van der Waals surface area contributed by atoms with Crippen LogP contribution in [0.1, 0.15) is 31.3 Å². The van der Waals surface area contributed by atoms with Gasteiger partial charge in [0.1, 0.15) is 0 Å². The van der Waals surface area contributed by atoms with Crippen molar-refractivity contribution in [2.75, 3.05) is 12.4 Å². The lowest BCUT2D eigenvalue weighted by Gasteiger charge is -2.08. The van der Waals surface area contributed by atoms with Gasteiger partial charge in [-0.2, -0.15) is 0 Å². The van der Waals surface area contributed by atoms with E-state index in [4.69, 9.17) is 5.11 Å². The molecule has 3 N–H and O–H groups in total. The summed E-state index contributed by atoms with van der Waals surface area (Å²) in [5.41, 5.74) is -0.250. The monoisotopic (exact) mass is 289 g/mol. The fourth-order valence-corrected chi connectivity index (χ4v) is 1.69. The van der Waals surface area contributed by atoms with Crippen LogP contribution in [0.25, 0.3) is 0 Å². The van der Waals surface area contributed by atoms with Gasteiger partial charge in [-0.1, -0.05) is 12.1 Å². The van der Waals surface area contributed by atoms with Crippen LogP contribution >= 0.6 is 0 Å². The van der Waals surface area contributed by atoms with Crippen molar-refractivity contribution in [1.29, 1.82) is 0 Å². The van der Waals surface area contributed by atoms with E-state index in [1.165, 1.54) is 19.2 Å². The molecule has 0 atom stereocenters. The molecule has 0 saturated carbocycles. The molecule has 2 aromatic rings. The average Bonchev–Trinajstić information content (AvgIpc) is 2.96. The zero-order valence-corrected chi connectivity index (χ0v) is 10.9. The number of benzene rings is 1. The number of hydrogen-bond acceptors (Lipinski definition) is 5. The summed E-state index contributed by atoms with van der Waals surface area (Å²) in [6, 6.07) is 6.20. The fourth-order valence-electron chi connectivity index (χ4n) is 1.69. The molecule has 1 heterocycles. The summed E-state index contributed by atoms with van der Waals surface area (Å²) in [5, 5.41) is 11.4. The fraction of sp³-hybridized carbons (Fsp3) is 0.0769. The lowest BCUT2D eigenvalue weighted by molar-refractivity contribution is 0.0600. The Kier molecular flexibility index (Phi) is 3.98. The van der Waals surface area contributed by atoms with E-state index in [-0.39, 0.29) is 22.6 Å². The molecule has 8 heteroatoms. The van der Waals surface area contributed by atoms with Gasteiger partial charge in [-0.15, -0.1) is 0 Å². The summed E-state index contributed by atoms with van der Waals surface area (Å²) in [5.74, 6) is -2.67. The summed E-state index contributed by atoms with van der Waals surface area (Å²) in [6.07, 6.45) is 1.10. The van der Waals surface area contributed by atoms with Gasteiger partial charge in [0.25, 0.3) is 5.91 Å². The highest BCUT2D eigenvalue weighted by Gasteiger charge is 2.21. The normalized spacial score (nSPS) is 9.95. The lowest BCUT2D eigenvalue weighted by Crippen LogP contribution is -2.18. The number of imidazole rings is 1. The zero-order chi connectivity index (χ0) is 15.4. The van der Waals surface area contributed by atoms with Gasteiger partial charge in [-0.05, 0) is 12.1 Å². The van der Waals surface area contributed by atoms with Crippen molar-refractivity contribution >= 4 is 23.5 Å². The van der Waals surface area contributed by atoms with Gasteiger partial charge in [-0.25, -0.2) is 14.6 Å². The number of aromatic amines is 1. The number of carboxylic acids is 1. The minimum Gasteiger partial charge on any atom is -0.477 e. The molecule has 0 spiro atoms. The number of hydrogen-bond donors (Lipinski definition) is 3. The largest absolute Gasteiger partial charge is 0.477 e. The Labute approximate surface area is 118 Å². The van der Waals surface area contributed by atoms with Gasteiger partial charge in [0, 0.05) is 0 Å². The van der Waals surface area contributed by atoms with Crippen LogP contribution in [-0.4, -0.2) is 40.0 Å². The quantitative estimate of drug-likeness (QED) is 0.726. The molecule has 0 bridgehead atoms. The van der Waals surface area contributed by atoms with Gasteiger partial charge >= 0.3 is 11.9 Å². The van der Waals surface area contributed by atoms with Crippen molar-refractivity contribution in [1.82, 2.24) is 9.97 Å². The maximum absolute atomic E-state index is 12.1. The van der Waals surface area contributed by atoms with Gasteiger partial charge in [0.2, 0.25) is 0 Å². The van der Waals surface area contributed by atoms with E-state index >= 15 is 0 Å². The highest BCUT2D eigenvalue weighted by molar-refractivity contribution is 6.10. The third-order valence-electron chi connectivity index (χ3n) is 2.65. The number of aromatic carboxylic acids is 1. The Balaban J connectivity index is 2.30. The smallest absolute Gasteiger partial charge is 0.354 e. The molecule has 0 unspecified atom stereocenters. The molecule has 108 valence electrons. The van der Waals surface area contributed by atoms with Crippen LogP contribution in [0.5, 0.6) is 0 Å². The van der Waals surface area contributed by atoms with Crippen LogP contribution in [-0.2, 0) is 4.74 Å². The van der Waals surface area contributed by atoms with Crippen LogP contribution in [0.15, 0.2) is 30.6 Å². The minimum absolute atomic E-state index is 0.153. The van der Waals surface area contributed by atoms with Crippen molar-refractivity contribution < 1.29 is 24.2 Å². The summed E-state index contributed by atoms with van der Waals surface area (Å²) in [4.78, 5) is 40.6. The van der Waals surface area contributed by atoms with Gasteiger partial charge in [0.15, 0.2) is 11.4 Å². The van der Waals surface area contributed by atoms with E-state index in [1.54, 1.807) is 12.1 Å². The van der Waals surface area contributed by atoms with Crippen LogP contribution < -0.4 is 5.32 Å². The molecule has 0 radical (unpaired) electrons. The highest BCUT2D eigenvalue weighted by Crippen LogP contribution is 2.17. The van der Waals surface area contributed by atoms with E-state index in [0.29, 0.717) is 0 Å². The average molecular weight is 289 g/mol. The molecule has 0 fully saturated rings. The number of carboxylic acid groups (broad SMARTS) is 1. The number of nitrogens with one attached hydrogen (secondary N) is 2. The predicted molar refractivity (Wildman–Crippen MR) is 71.3 cm³/mol. The van der Waals surface area contributed by atoms with Gasteiger partial charge < -0.3 is 20.1 Å². The first-order valence-electron chi connectivity index (χ1n) is 5.80. The lowest BCUT2D eigenvalue weighted by atomic mass is 10.1. The Morgan fingerprint density at radius 2 is 2.00 bits per heavy atom. The number of esters is 1. The number of amides is 1. The Morgan fingerprint density at radius 1 is 1.29 bits per heavy atom. The SMILES string of the molecule is COC(=O)c1ccccc1NC(=O)c1nc[nH]c1C(=O)O. The van der Waals surface area contributed by atoms with Crippen LogP contribution in [0, 0.1) is 0 Å². The van der Waals surface area contributed by atoms with Crippen LogP contribution in [0.3, 0.4) is 0 Å². The Bertz CT molecular complexity index is 707. The number of H-pyrrole nitrogens is 1. The molecular formula is C13H11N3O5. The van der Waals surface area contributed by atoms with Crippen molar-refractivity contribution in [2.45, 2.75) is 0 Å². The van der Waals surface area contributed by atoms with Crippen LogP contribution in [0.4, 0.5) is 5.69 Å². The Morgan fingerprint density at radius 3 is 2.67 bits per heavy atom. The van der Waals surface area contributed by atoms with E-state index < -0.39 is 17.8 Å². The number of anilines is 1. The summed E-state index contributed by atoms with van der Waals surface area (Å²) in [7, 11) is 1.22. The molecule has 0 saturated heterocycles. The first-order chi connectivity index (χ1) is 10.0. The topological polar surface area (TPSA) is 121 Å². The molecular weight excluding hydrogens is 278 g/mol. The number of nitrogens with zero attached hydrogens (tertiary/aromatic N) is 1. The van der Waals surface area contributed by atoms with Gasteiger partial charge in [-0.3, -0.25) is 4.79 Å². The highest BCUT2D eigenvalue weighted by atomic mass is 16.5. The number of aromatic nitrogens is 2. The molecule has 2 rings (SSSR count). The summed E-state index contributed by atoms with van der Waals surface area (Å²) in [6.45, 7) is 0. The van der Waals surface area contributed by atoms with Crippen molar-refractivity contribution in [3.8, 4) is 0 Å². The van der Waals surface area contributed by atoms with Crippen LogP contribution in [0.2, 0.25) is 0 Å². The zero-order valence-electron chi connectivity index (χ0n) is 10.9. The number of carbonyl (C=O) groups is 3. The van der Waals surface area contributed by atoms with Crippen molar-refractivity contribution in [3.63, 3.8) is 0 Å². The van der Waals surface area contributed by atoms with Gasteiger partial charge in [0.05, 0.1) is 24.7 Å².